The van der Waals surface area contributed by atoms with Crippen molar-refractivity contribution in [2.75, 3.05) is 13.1 Å². The van der Waals surface area contributed by atoms with Crippen LogP contribution in [0, 0.1) is 0 Å². The summed E-state index contributed by atoms with van der Waals surface area (Å²) in [5.41, 5.74) is 3.28. The number of H-pyrrole nitrogens is 1. The van der Waals surface area contributed by atoms with Gasteiger partial charge in [0.15, 0.2) is 0 Å². The largest absolute Gasteiger partial charge is 0.365 e. The van der Waals surface area contributed by atoms with E-state index in [4.69, 9.17) is 0 Å². The number of aromatic amines is 1. The van der Waals surface area contributed by atoms with Gasteiger partial charge in [-0.2, -0.15) is 0 Å². The van der Waals surface area contributed by atoms with Crippen molar-refractivity contribution in [2.45, 2.75) is 25.8 Å². The number of hydrogen-bond donors (Lipinski definition) is 1. The van der Waals surface area contributed by atoms with E-state index in [1.165, 1.54) is 16.2 Å². The molecule has 0 radical (unpaired) electrons. The number of rotatable bonds is 4. The normalized spacial score (nSPS) is 16.2. The fourth-order valence-corrected chi connectivity index (χ4v) is 3.55. The first kappa shape index (κ1) is 15.6. The number of carbonyl (C=O) groups excluding carboxylic acids is 3. The van der Waals surface area contributed by atoms with Gasteiger partial charge in [-0.15, -0.1) is 0 Å². The van der Waals surface area contributed by atoms with Gasteiger partial charge in [0.25, 0.3) is 11.8 Å². The molecule has 2 aromatic rings. The Labute approximate surface area is 145 Å². The standard InChI is InChI=1S/C19H19N3O3/c23-17(21-11-8-16-13(12-21)7-9-20-16)6-3-10-22-18(24)14-4-1-2-5-15(14)19(22)25/h1-2,4-5,7,9,20H,3,6,8,10-12H2. The second-order valence-corrected chi connectivity index (χ2v) is 6.46. The maximum atomic E-state index is 12.4. The van der Waals surface area contributed by atoms with E-state index in [0.29, 0.717) is 37.1 Å². The summed E-state index contributed by atoms with van der Waals surface area (Å²) in [6, 6.07) is 8.85. The summed E-state index contributed by atoms with van der Waals surface area (Å²) in [6.45, 7) is 1.62. The number of imide groups is 1. The van der Waals surface area contributed by atoms with E-state index in [1.807, 2.05) is 17.2 Å². The Morgan fingerprint density at radius 3 is 2.52 bits per heavy atom. The first-order valence-electron chi connectivity index (χ1n) is 8.53. The fraction of sp³-hybridized carbons (Fsp3) is 0.316. The molecule has 6 nitrogen and oxygen atoms in total. The zero-order valence-electron chi connectivity index (χ0n) is 13.8. The molecule has 4 rings (SSSR count). The second kappa shape index (κ2) is 6.20. The molecule has 0 fully saturated rings. The average molecular weight is 337 g/mol. The number of hydrogen-bond acceptors (Lipinski definition) is 3. The van der Waals surface area contributed by atoms with Gasteiger partial charge >= 0.3 is 0 Å². The Kier molecular flexibility index (Phi) is 3.87. The molecule has 2 aliphatic heterocycles. The maximum Gasteiger partial charge on any atom is 0.261 e. The predicted octanol–water partition coefficient (Wildman–Crippen LogP) is 1.98. The van der Waals surface area contributed by atoms with Gasteiger partial charge < -0.3 is 9.88 Å². The van der Waals surface area contributed by atoms with Crippen molar-refractivity contribution in [1.82, 2.24) is 14.8 Å². The van der Waals surface area contributed by atoms with Crippen molar-refractivity contribution >= 4 is 17.7 Å². The molecule has 3 heterocycles. The summed E-state index contributed by atoms with van der Waals surface area (Å²) in [5.74, 6) is -0.450. The molecule has 3 amide bonds. The molecule has 1 N–H and O–H groups in total. The van der Waals surface area contributed by atoms with Crippen LogP contribution >= 0.6 is 0 Å². The molecule has 128 valence electrons. The van der Waals surface area contributed by atoms with Crippen LogP contribution in [0.3, 0.4) is 0 Å². The van der Waals surface area contributed by atoms with E-state index in [2.05, 4.69) is 4.98 Å². The first-order chi connectivity index (χ1) is 12.1. The lowest BCUT2D eigenvalue weighted by atomic mass is 10.1. The number of nitrogens with one attached hydrogen (secondary N) is 1. The van der Waals surface area contributed by atoms with E-state index in [1.54, 1.807) is 24.3 Å². The quantitative estimate of drug-likeness (QED) is 0.867. The molecule has 0 aliphatic carbocycles. The molecule has 0 unspecified atom stereocenters. The monoisotopic (exact) mass is 337 g/mol. The van der Waals surface area contributed by atoms with E-state index in [0.717, 1.165) is 6.42 Å². The lowest BCUT2D eigenvalue weighted by Gasteiger charge is -2.27. The summed E-state index contributed by atoms with van der Waals surface area (Å²) in [7, 11) is 0. The Balaban J connectivity index is 1.32. The molecule has 6 heteroatoms. The Hall–Kier alpha value is -2.89. The van der Waals surface area contributed by atoms with Crippen molar-refractivity contribution in [2.24, 2.45) is 0 Å². The van der Waals surface area contributed by atoms with Crippen LogP contribution in [0.2, 0.25) is 0 Å². The Morgan fingerprint density at radius 1 is 1.08 bits per heavy atom. The number of amides is 3. The van der Waals surface area contributed by atoms with Crippen LogP contribution in [-0.2, 0) is 17.8 Å². The van der Waals surface area contributed by atoms with E-state index in [-0.39, 0.29) is 24.3 Å². The highest BCUT2D eigenvalue weighted by atomic mass is 16.2. The molecule has 0 spiro atoms. The van der Waals surface area contributed by atoms with Crippen LogP contribution < -0.4 is 0 Å². The van der Waals surface area contributed by atoms with Crippen molar-refractivity contribution in [3.8, 4) is 0 Å². The van der Waals surface area contributed by atoms with Gasteiger partial charge in [0.2, 0.25) is 5.91 Å². The zero-order valence-corrected chi connectivity index (χ0v) is 13.8. The number of nitrogens with zero attached hydrogens (tertiary/aromatic N) is 2. The van der Waals surface area contributed by atoms with Gasteiger partial charge in [-0.05, 0) is 30.2 Å². The SMILES string of the molecule is O=C(CCCN1C(=O)c2ccccc2C1=O)N1CCc2[nH]ccc2C1. The number of benzene rings is 1. The Bertz CT molecular complexity index is 820. The third-order valence-electron chi connectivity index (χ3n) is 4.93. The second-order valence-electron chi connectivity index (χ2n) is 6.46. The van der Waals surface area contributed by atoms with Crippen molar-refractivity contribution < 1.29 is 14.4 Å². The van der Waals surface area contributed by atoms with Crippen LogP contribution in [0.25, 0.3) is 0 Å². The molecular weight excluding hydrogens is 318 g/mol. The van der Waals surface area contributed by atoms with Crippen LogP contribution in [0.1, 0.15) is 44.8 Å². The van der Waals surface area contributed by atoms with Gasteiger partial charge in [0.05, 0.1) is 11.1 Å². The van der Waals surface area contributed by atoms with Gasteiger partial charge in [-0.1, -0.05) is 12.1 Å². The van der Waals surface area contributed by atoms with E-state index >= 15 is 0 Å². The molecular formula is C19H19N3O3. The summed E-state index contributed by atoms with van der Waals surface area (Å²) < 4.78 is 0. The molecule has 0 saturated carbocycles. The van der Waals surface area contributed by atoms with Crippen LogP contribution in [0.5, 0.6) is 0 Å². The van der Waals surface area contributed by atoms with Crippen molar-refractivity contribution in [3.63, 3.8) is 0 Å². The number of fused-ring (bicyclic) bond motifs is 2. The van der Waals surface area contributed by atoms with Crippen LogP contribution in [0.4, 0.5) is 0 Å². The van der Waals surface area contributed by atoms with Gasteiger partial charge in [0.1, 0.15) is 0 Å². The summed E-state index contributed by atoms with van der Waals surface area (Å²) in [4.78, 5) is 43.3. The minimum absolute atomic E-state index is 0.0726. The molecule has 1 aromatic heterocycles. The minimum atomic E-state index is -0.261. The van der Waals surface area contributed by atoms with Gasteiger partial charge in [0, 0.05) is 44.4 Å². The highest BCUT2D eigenvalue weighted by molar-refractivity contribution is 6.21. The highest BCUT2D eigenvalue weighted by Crippen LogP contribution is 2.23. The van der Waals surface area contributed by atoms with Gasteiger partial charge in [-0.25, -0.2) is 0 Å². The van der Waals surface area contributed by atoms with Crippen molar-refractivity contribution in [1.29, 1.82) is 0 Å². The molecule has 0 saturated heterocycles. The average Bonchev–Trinajstić information content (AvgIpc) is 3.20. The van der Waals surface area contributed by atoms with Gasteiger partial charge in [-0.3, -0.25) is 19.3 Å². The number of carbonyl (C=O) groups is 3. The minimum Gasteiger partial charge on any atom is -0.365 e. The smallest absolute Gasteiger partial charge is 0.261 e. The fourth-order valence-electron chi connectivity index (χ4n) is 3.55. The molecule has 0 bridgehead atoms. The molecule has 2 aliphatic rings. The molecule has 1 aromatic carbocycles. The topological polar surface area (TPSA) is 73.5 Å². The summed E-state index contributed by atoms with van der Waals surface area (Å²) in [6.07, 6.45) is 3.57. The van der Waals surface area contributed by atoms with E-state index < -0.39 is 0 Å². The molecule has 25 heavy (non-hydrogen) atoms. The Morgan fingerprint density at radius 2 is 1.80 bits per heavy atom. The first-order valence-corrected chi connectivity index (χ1v) is 8.53. The summed E-state index contributed by atoms with van der Waals surface area (Å²) >= 11 is 0. The van der Waals surface area contributed by atoms with Crippen LogP contribution in [-0.4, -0.2) is 45.6 Å². The highest BCUT2D eigenvalue weighted by Gasteiger charge is 2.34. The third kappa shape index (κ3) is 2.73. The zero-order chi connectivity index (χ0) is 17.4. The third-order valence-corrected chi connectivity index (χ3v) is 4.93. The lowest BCUT2D eigenvalue weighted by Crippen LogP contribution is -2.36. The predicted molar refractivity (Wildman–Crippen MR) is 91.0 cm³/mol. The van der Waals surface area contributed by atoms with Crippen LogP contribution in [0.15, 0.2) is 36.5 Å². The molecule has 0 atom stereocenters. The maximum absolute atomic E-state index is 12.4. The van der Waals surface area contributed by atoms with E-state index in [9.17, 15) is 14.4 Å². The number of aromatic nitrogens is 1. The lowest BCUT2D eigenvalue weighted by molar-refractivity contribution is -0.132. The van der Waals surface area contributed by atoms with Crippen molar-refractivity contribution in [3.05, 3.63) is 58.9 Å². The summed E-state index contributed by atoms with van der Waals surface area (Å²) in [5, 5.41) is 0.